The number of amidine groups is 1. The molecule has 4 rings (SSSR count). The Hall–Kier alpha value is -4.00. The Balaban J connectivity index is 1.71. The second-order valence-corrected chi connectivity index (χ2v) is 10.2. The summed E-state index contributed by atoms with van der Waals surface area (Å²) in [5.74, 6) is -0.983. The fourth-order valence-electron chi connectivity index (χ4n) is 5.46. The number of allylic oxidation sites excluding steroid dienone is 1. The molecule has 0 unspecified atom stereocenters. The molecule has 6 N–H and O–H groups in total. The summed E-state index contributed by atoms with van der Waals surface area (Å²) in [5, 5.41) is 24.4. The van der Waals surface area contributed by atoms with Crippen molar-refractivity contribution in [2.75, 3.05) is 51.3 Å². The molecule has 0 radical (unpaired) electrons. The third-order valence-electron chi connectivity index (χ3n) is 7.55. The van der Waals surface area contributed by atoms with E-state index in [-0.39, 0.29) is 41.2 Å². The molecular weight excluding hydrogens is 536 g/mol. The first-order chi connectivity index (χ1) is 19.7. The van der Waals surface area contributed by atoms with Gasteiger partial charge in [-0.05, 0) is 48.9 Å². The quantitative estimate of drug-likeness (QED) is 0.236. The Labute approximate surface area is 237 Å². The first-order valence-corrected chi connectivity index (χ1v) is 13.7. The van der Waals surface area contributed by atoms with Crippen molar-refractivity contribution in [3.63, 3.8) is 0 Å². The predicted molar refractivity (Wildman–Crippen MR) is 153 cm³/mol. The van der Waals surface area contributed by atoms with Gasteiger partial charge in [0.2, 0.25) is 0 Å². The van der Waals surface area contributed by atoms with E-state index in [0.29, 0.717) is 56.8 Å². The number of ether oxygens (including phenoxy) is 1. The van der Waals surface area contributed by atoms with Crippen molar-refractivity contribution >= 4 is 35.3 Å². The van der Waals surface area contributed by atoms with E-state index in [1.807, 2.05) is 0 Å². The van der Waals surface area contributed by atoms with Crippen molar-refractivity contribution in [3.8, 4) is 0 Å². The van der Waals surface area contributed by atoms with E-state index in [2.05, 4.69) is 15.6 Å². The molecule has 0 spiro atoms. The summed E-state index contributed by atoms with van der Waals surface area (Å²) < 4.78 is 34.2. The molecule has 1 aromatic rings. The average molecular weight is 574 g/mol. The van der Waals surface area contributed by atoms with E-state index < -0.39 is 18.9 Å². The molecule has 0 atom stereocenters. The van der Waals surface area contributed by atoms with Gasteiger partial charge in [0.05, 0.1) is 6.54 Å². The number of carbonyl (C=O) groups excluding carboxylic acids is 1. The minimum Gasteiger partial charge on any atom is -0.480 e. The summed E-state index contributed by atoms with van der Waals surface area (Å²) >= 11 is 0. The first kappa shape index (κ1) is 30.0. The summed E-state index contributed by atoms with van der Waals surface area (Å²) in [6.07, 6.45) is 2.99. The lowest BCUT2D eigenvalue weighted by Gasteiger charge is -2.38. The van der Waals surface area contributed by atoms with Gasteiger partial charge in [-0.15, -0.1) is 0 Å². The van der Waals surface area contributed by atoms with Crippen LogP contribution in [-0.4, -0.2) is 86.5 Å². The number of halogens is 2. The van der Waals surface area contributed by atoms with Gasteiger partial charge >= 0.3 is 12.0 Å². The minimum atomic E-state index is -2.85. The maximum Gasteiger partial charge on any atom is 0.325 e. The number of nitrogens with two attached hydrogens (primary N) is 1. The molecular formula is C28H37F2N7O4. The lowest BCUT2D eigenvalue weighted by Crippen LogP contribution is -2.48. The molecule has 2 amide bonds. The fourth-order valence-corrected chi connectivity index (χ4v) is 5.46. The van der Waals surface area contributed by atoms with Crippen molar-refractivity contribution in [2.24, 2.45) is 10.7 Å². The highest BCUT2D eigenvalue weighted by Crippen LogP contribution is 2.38. The number of rotatable bonds is 8. The van der Waals surface area contributed by atoms with Gasteiger partial charge in [-0.25, -0.2) is 13.6 Å². The number of hydrogen-bond acceptors (Lipinski definition) is 7. The highest BCUT2D eigenvalue weighted by atomic mass is 19.3. The van der Waals surface area contributed by atoms with Gasteiger partial charge in [-0.3, -0.25) is 15.2 Å². The molecule has 1 saturated heterocycles. The molecule has 0 aliphatic carbocycles. The Bertz CT molecular complexity index is 1260. The number of alkyl halides is 2. The maximum absolute atomic E-state index is 14.4. The smallest absolute Gasteiger partial charge is 0.325 e. The van der Waals surface area contributed by atoms with Crippen molar-refractivity contribution < 1.29 is 28.2 Å². The van der Waals surface area contributed by atoms with Gasteiger partial charge in [-0.1, -0.05) is 0 Å². The number of nitrogens with zero attached hydrogens (tertiary/aromatic N) is 3. The Morgan fingerprint density at radius 1 is 1.27 bits per heavy atom. The number of anilines is 1. The minimum absolute atomic E-state index is 0.166. The SMILES string of the molecule is CNC(=O)N1CCC(NC2CCOCC2)=C(C(=N)N2CCCc3cc(C(C=NCC(=O)O)=CN)c(C(F)F)cc32)C1. The summed E-state index contributed by atoms with van der Waals surface area (Å²) in [6.45, 7) is 1.97. The number of aliphatic carboxylic acids is 1. The molecule has 11 nitrogen and oxygen atoms in total. The highest BCUT2D eigenvalue weighted by Gasteiger charge is 2.32. The molecule has 3 aliphatic rings. The van der Waals surface area contributed by atoms with Crippen LogP contribution in [0.25, 0.3) is 5.57 Å². The molecule has 1 aromatic carbocycles. The van der Waals surface area contributed by atoms with Crippen LogP contribution in [0.1, 0.15) is 48.8 Å². The molecule has 3 aliphatic heterocycles. The van der Waals surface area contributed by atoms with Gasteiger partial charge in [0.25, 0.3) is 6.43 Å². The van der Waals surface area contributed by atoms with Crippen molar-refractivity contribution in [3.05, 3.63) is 46.3 Å². The lowest BCUT2D eigenvalue weighted by atomic mass is 9.91. The Morgan fingerprint density at radius 3 is 2.68 bits per heavy atom. The average Bonchev–Trinajstić information content (AvgIpc) is 2.98. The summed E-state index contributed by atoms with van der Waals surface area (Å²) in [6, 6.07) is 2.98. The third kappa shape index (κ3) is 7.02. The van der Waals surface area contributed by atoms with E-state index in [1.54, 1.807) is 22.9 Å². The summed E-state index contributed by atoms with van der Waals surface area (Å²) in [4.78, 5) is 30.5. The fraction of sp³-hybridized carbons (Fsp3) is 0.500. The second kappa shape index (κ2) is 13.6. The van der Waals surface area contributed by atoms with Crippen LogP contribution in [0.15, 0.2) is 34.6 Å². The Kier molecular flexibility index (Phi) is 9.92. The standard InChI is InChI=1S/C28H37F2N7O4/c1-33-28(40)36-8-4-23(35-19-5-9-41-10-6-19)22(16-36)27(32)37-7-2-3-17-11-20(21(26(29)30)12-24(17)37)18(13-31)14-34-15-25(38)39/h11-14,19,26,32,35H,2-10,15-16,31H2,1H3,(H,33,40)(H,38,39). The first-order valence-electron chi connectivity index (χ1n) is 13.7. The van der Waals surface area contributed by atoms with Crippen LogP contribution in [0.5, 0.6) is 0 Å². The van der Waals surface area contributed by atoms with Gasteiger partial charge in [0.15, 0.2) is 0 Å². The molecule has 0 aromatic heterocycles. The number of nitrogens with one attached hydrogen (secondary N) is 3. The van der Waals surface area contributed by atoms with Crippen LogP contribution in [-0.2, 0) is 16.0 Å². The number of amides is 2. The second-order valence-electron chi connectivity index (χ2n) is 10.2. The lowest BCUT2D eigenvalue weighted by molar-refractivity contribution is -0.135. The number of fused-ring (bicyclic) bond motifs is 1. The van der Waals surface area contributed by atoms with Gasteiger partial charge in [0, 0.05) is 86.3 Å². The number of hydrogen-bond donors (Lipinski definition) is 5. The topological polar surface area (TPSA) is 156 Å². The number of aryl methyl sites for hydroxylation is 1. The number of carboxylic acids is 1. The zero-order chi connectivity index (χ0) is 29.5. The van der Waals surface area contributed by atoms with E-state index in [0.717, 1.165) is 30.3 Å². The predicted octanol–water partition coefficient (Wildman–Crippen LogP) is 2.88. The van der Waals surface area contributed by atoms with E-state index in [4.69, 9.17) is 15.6 Å². The van der Waals surface area contributed by atoms with Gasteiger partial charge in [0.1, 0.15) is 12.4 Å². The Morgan fingerprint density at radius 2 is 2.02 bits per heavy atom. The van der Waals surface area contributed by atoms with E-state index in [9.17, 15) is 23.8 Å². The van der Waals surface area contributed by atoms with Crippen LogP contribution in [0.4, 0.5) is 19.3 Å². The van der Waals surface area contributed by atoms with Gasteiger partial charge < -0.3 is 36.0 Å². The monoisotopic (exact) mass is 573 g/mol. The largest absolute Gasteiger partial charge is 0.480 e. The van der Waals surface area contributed by atoms with Crippen LogP contribution in [0.2, 0.25) is 0 Å². The van der Waals surface area contributed by atoms with Crippen molar-refractivity contribution in [1.82, 2.24) is 15.5 Å². The number of benzene rings is 1. The summed E-state index contributed by atoms with van der Waals surface area (Å²) in [7, 11) is 1.56. The molecule has 0 bridgehead atoms. The molecule has 3 heterocycles. The van der Waals surface area contributed by atoms with E-state index in [1.165, 1.54) is 12.3 Å². The highest BCUT2D eigenvalue weighted by molar-refractivity contribution is 6.12. The van der Waals surface area contributed by atoms with Crippen molar-refractivity contribution in [2.45, 2.75) is 44.6 Å². The number of aliphatic imine (C=N–C) groups is 1. The van der Waals surface area contributed by atoms with Crippen molar-refractivity contribution in [1.29, 1.82) is 5.41 Å². The zero-order valence-corrected chi connectivity index (χ0v) is 23.1. The van der Waals surface area contributed by atoms with Crippen LogP contribution < -0.4 is 21.3 Å². The molecule has 1 fully saturated rings. The number of carboxylic acid groups (broad SMARTS) is 1. The zero-order valence-electron chi connectivity index (χ0n) is 23.1. The number of urea groups is 1. The molecule has 222 valence electrons. The van der Waals surface area contributed by atoms with Crippen LogP contribution in [0, 0.1) is 5.41 Å². The third-order valence-corrected chi connectivity index (χ3v) is 7.55. The maximum atomic E-state index is 14.4. The van der Waals surface area contributed by atoms with Crippen LogP contribution in [0.3, 0.4) is 0 Å². The summed E-state index contributed by atoms with van der Waals surface area (Å²) in [5.41, 5.74) is 8.64. The van der Waals surface area contributed by atoms with Gasteiger partial charge in [-0.2, -0.15) is 0 Å². The molecule has 41 heavy (non-hydrogen) atoms. The van der Waals surface area contributed by atoms with Crippen LogP contribution >= 0.6 is 0 Å². The molecule has 13 heteroatoms. The van der Waals surface area contributed by atoms with E-state index >= 15 is 0 Å². The number of carbonyl (C=O) groups is 2. The molecule has 0 saturated carbocycles. The normalized spacial score (nSPS) is 18.6.